The summed E-state index contributed by atoms with van der Waals surface area (Å²) >= 11 is 0. The number of rotatable bonds is 1. The second kappa shape index (κ2) is 5.02. The van der Waals surface area contributed by atoms with Gasteiger partial charge in [-0.25, -0.2) is 9.97 Å². The van der Waals surface area contributed by atoms with E-state index in [2.05, 4.69) is 9.97 Å². The number of nitrogens with zero attached hydrogens (tertiary/aromatic N) is 4. The monoisotopic (exact) mass is 292 g/mol. The van der Waals surface area contributed by atoms with Crippen LogP contribution < -0.4 is 5.56 Å². The largest absolute Gasteiger partial charge is 0.507 e. The molecule has 1 fully saturated rings. The summed E-state index contributed by atoms with van der Waals surface area (Å²) in [4.78, 5) is 33.0. The number of carbonyl (C=O) groups is 1. The van der Waals surface area contributed by atoms with Crippen LogP contribution in [0, 0.1) is 0 Å². The van der Waals surface area contributed by atoms with E-state index in [1.165, 1.54) is 4.90 Å². The molecule has 2 N–H and O–H groups in total. The Labute approximate surface area is 118 Å². The lowest BCUT2D eigenvalue weighted by molar-refractivity contribution is 0.0300. The third kappa shape index (κ3) is 2.17. The van der Waals surface area contributed by atoms with Gasteiger partial charge in [-0.05, 0) is 0 Å². The van der Waals surface area contributed by atoms with E-state index >= 15 is 0 Å². The standard InChI is InChI=1S/C12H12N4O5/c17-7-5-8(18)16(20)11-9(7)10(13-6-14-11)12(19)15-1-3-21-4-2-15/h5-6,17,20H,1-4H2. The summed E-state index contributed by atoms with van der Waals surface area (Å²) in [7, 11) is 0. The number of aromatic nitrogens is 3. The smallest absolute Gasteiger partial charge is 0.288 e. The van der Waals surface area contributed by atoms with Gasteiger partial charge < -0.3 is 20.0 Å². The van der Waals surface area contributed by atoms with E-state index in [4.69, 9.17) is 4.74 Å². The number of aromatic hydroxyl groups is 1. The van der Waals surface area contributed by atoms with Gasteiger partial charge in [0.25, 0.3) is 11.5 Å². The summed E-state index contributed by atoms with van der Waals surface area (Å²) in [6, 6.07) is 0.807. The summed E-state index contributed by atoms with van der Waals surface area (Å²) in [5.41, 5.74) is -1.13. The van der Waals surface area contributed by atoms with Crippen molar-refractivity contribution in [2.24, 2.45) is 0 Å². The molecule has 21 heavy (non-hydrogen) atoms. The van der Waals surface area contributed by atoms with E-state index in [9.17, 15) is 19.9 Å². The molecule has 2 aromatic heterocycles. The number of hydrogen-bond acceptors (Lipinski definition) is 7. The second-order valence-corrected chi connectivity index (χ2v) is 4.51. The van der Waals surface area contributed by atoms with Gasteiger partial charge in [-0.3, -0.25) is 9.59 Å². The van der Waals surface area contributed by atoms with Crippen molar-refractivity contribution < 1.29 is 19.8 Å². The fourth-order valence-electron chi connectivity index (χ4n) is 2.21. The number of amides is 1. The molecule has 0 aliphatic carbocycles. The van der Waals surface area contributed by atoms with Crippen molar-refractivity contribution >= 4 is 16.9 Å². The highest BCUT2D eigenvalue weighted by Crippen LogP contribution is 2.24. The maximum absolute atomic E-state index is 12.5. The van der Waals surface area contributed by atoms with Gasteiger partial charge in [0.1, 0.15) is 17.8 Å². The lowest BCUT2D eigenvalue weighted by atomic mass is 10.2. The third-order valence-electron chi connectivity index (χ3n) is 3.25. The first-order chi connectivity index (χ1) is 10.1. The molecule has 0 aromatic carbocycles. The van der Waals surface area contributed by atoms with Crippen molar-refractivity contribution in [2.75, 3.05) is 26.3 Å². The van der Waals surface area contributed by atoms with Crippen LogP contribution in [0.25, 0.3) is 11.0 Å². The van der Waals surface area contributed by atoms with Crippen molar-refractivity contribution in [2.45, 2.75) is 0 Å². The highest BCUT2D eigenvalue weighted by atomic mass is 16.5. The second-order valence-electron chi connectivity index (χ2n) is 4.51. The summed E-state index contributed by atoms with van der Waals surface area (Å²) in [5, 5.41) is 19.5. The summed E-state index contributed by atoms with van der Waals surface area (Å²) < 4.78 is 5.44. The minimum absolute atomic E-state index is 0.0592. The summed E-state index contributed by atoms with van der Waals surface area (Å²) in [6.45, 7) is 1.66. The van der Waals surface area contributed by atoms with Gasteiger partial charge in [0, 0.05) is 19.2 Å². The van der Waals surface area contributed by atoms with Crippen LogP contribution in [0.3, 0.4) is 0 Å². The molecule has 0 bridgehead atoms. The van der Waals surface area contributed by atoms with Crippen molar-refractivity contribution in [3.8, 4) is 5.75 Å². The van der Waals surface area contributed by atoms with Gasteiger partial charge in [0.05, 0.1) is 18.6 Å². The van der Waals surface area contributed by atoms with Gasteiger partial charge in [-0.1, -0.05) is 0 Å². The molecule has 0 atom stereocenters. The molecule has 9 nitrogen and oxygen atoms in total. The molecule has 0 radical (unpaired) electrons. The van der Waals surface area contributed by atoms with E-state index in [1.807, 2.05) is 0 Å². The zero-order chi connectivity index (χ0) is 15.0. The minimum atomic E-state index is -0.844. The number of fused-ring (bicyclic) bond motifs is 1. The lowest BCUT2D eigenvalue weighted by Gasteiger charge is -2.26. The van der Waals surface area contributed by atoms with Gasteiger partial charge in [0.2, 0.25) is 0 Å². The van der Waals surface area contributed by atoms with Crippen molar-refractivity contribution in [3.63, 3.8) is 0 Å². The van der Waals surface area contributed by atoms with Crippen LogP contribution in [0.2, 0.25) is 0 Å². The Bertz CT molecular complexity index is 766. The Morgan fingerprint density at radius 3 is 2.71 bits per heavy atom. The van der Waals surface area contributed by atoms with Gasteiger partial charge >= 0.3 is 0 Å². The SMILES string of the molecule is O=C(c1ncnc2c1c(O)cc(=O)n2O)N1CCOCC1. The molecule has 0 unspecified atom stereocenters. The molecule has 2 aromatic rings. The zero-order valence-corrected chi connectivity index (χ0v) is 10.9. The van der Waals surface area contributed by atoms with Crippen LogP contribution >= 0.6 is 0 Å². The Balaban J connectivity index is 2.17. The molecule has 1 aliphatic rings. The first-order valence-electron chi connectivity index (χ1n) is 6.25. The number of morpholine rings is 1. The first-order valence-corrected chi connectivity index (χ1v) is 6.25. The number of pyridine rings is 1. The Morgan fingerprint density at radius 2 is 2.00 bits per heavy atom. The van der Waals surface area contributed by atoms with E-state index in [1.54, 1.807) is 0 Å². The molecule has 1 amide bonds. The quantitative estimate of drug-likeness (QED) is 0.661. The van der Waals surface area contributed by atoms with Crippen LogP contribution in [0.15, 0.2) is 17.2 Å². The van der Waals surface area contributed by atoms with Gasteiger partial charge in [-0.15, -0.1) is 4.73 Å². The Hall–Kier alpha value is -2.68. The van der Waals surface area contributed by atoms with E-state index in [-0.39, 0.29) is 21.5 Å². The molecule has 110 valence electrons. The fourth-order valence-corrected chi connectivity index (χ4v) is 2.21. The zero-order valence-electron chi connectivity index (χ0n) is 10.9. The molecule has 0 saturated carbocycles. The van der Waals surface area contributed by atoms with Crippen molar-refractivity contribution in [1.82, 2.24) is 19.6 Å². The van der Waals surface area contributed by atoms with E-state index in [0.29, 0.717) is 26.3 Å². The topological polar surface area (TPSA) is 118 Å². The summed E-state index contributed by atoms with van der Waals surface area (Å²) in [5.74, 6) is -0.864. The van der Waals surface area contributed by atoms with Crippen LogP contribution in [0.1, 0.15) is 10.5 Å². The van der Waals surface area contributed by atoms with Crippen LogP contribution in [0.5, 0.6) is 5.75 Å². The van der Waals surface area contributed by atoms with Crippen molar-refractivity contribution in [1.29, 1.82) is 0 Å². The predicted octanol–water partition coefficient (Wildman–Crippen LogP) is -0.793. The highest BCUT2D eigenvalue weighted by molar-refractivity contribution is 6.05. The normalized spacial score (nSPS) is 15.3. The predicted molar refractivity (Wildman–Crippen MR) is 69.4 cm³/mol. The Kier molecular flexibility index (Phi) is 3.18. The lowest BCUT2D eigenvalue weighted by Crippen LogP contribution is -2.41. The molecule has 0 spiro atoms. The maximum Gasteiger partial charge on any atom is 0.288 e. The number of ether oxygens (including phenoxy) is 1. The average molecular weight is 292 g/mol. The third-order valence-corrected chi connectivity index (χ3v) is 3.25. The molecule has 3 rings (SSSR count). The molecule has 1 aliphatic heterocycles. The average Bonchev–Trinajstić information content (AvgIpc) is 2.52. The molecule has 3 heterocycles. The molecule has 1 saturated heterocycles. The fraction of sp³-hybridized carbons (Fsp3) is 0.333. The first kappa shape index (κ1) is 13.3. The minimum Gasteiger partial charge on any atom is -0.507 e. The van der Waals surface area contributed by atoms with Crippen LogP contribution in [-0.2, 0) is 4.74 Å². The molecule has 9 heteroatoms. The highest BCUT2D eigenvalue weighted by Gasteiger charge is 2.24. The van der Waals surface area contributed by atoms with Crippen molar-refractivity contribution in [3.05, 3.63) is 28.4 Å². The summed E-state index contributed by atoms with van der Waals surface area (Å²) in [6.07, 6.45) is 1.06. The number of carbonyl (C=O) groups excluding carboxylic acids is 1. The number of hydrogen-bond donors (Lipinski definition) is 2. The van der Waals surface area contributed by atoms with E-state index < -0.39 is 17.2 Å². The maximum atomic E-state index is 12.5. The van der Waals surface area contributed by atoms with Crippen LogP contribution in [0.4, 0.5) is 0 Å². The molecular weight excluding hydrogens is 280 g/mol. The molecular formula is C12H12N4O5. The van der Waals surface area contributed by atoms with E-state index in [0.717, 1.165) is 12.4 Å². The Morgan fingerprint density at radius 1 is 1.29 bits per heavy atom. The van der Waals surface area contributed by atoms with Gasteiger partial charge in [0.15, 0.2) is 5.65 Å². The van der Waals surface area contributed by atoms with Gasteiger partial charge in [-0.2, -0.15) is 0 Å². The van der Waals surface area contributed by atoms with Crippen LogP contribution in [-0.4, -0.2) is 62.1 Å².